The van der Waals surface area contributed by atoms with Gasteiger partial charge in [0.25, 0.3) is 0 Å². The SMILES string of the molecule is Cc1cc(C(C)(O)CNC(=O)CSCC(F)(F)F)c(C)o1. The van der Waals surface area contributed by atoms with Crippen LogP contribution in [0.4, 0.5) is 13.2 Å². The fourth-order valence-corrected chi connectivity index (χ4v) is 2.46. The number of thioether (sulfide) groups is 1. The highest BCUT2D eigenvalue weighted by atomic mass is 32.2. The first-order valence-electron chi connectivity index (χ1n) is 6.22. The number of amides is 1. The number of hydrogen-bond donors (Lipinski definition) is 2. The molecule has 4 nitrogen and oxygen atoms in total. The molecule has 0 aliphatic heterocycles. The Balaban J connectivity index is 2.46. The number of carbonyl (C=O) groups excluding carboxylic acids is 1. The summed E-state index contributed by atoms with van der Waals surface area (Å²) >= 11 is 0.485. The lowest BCUT2D eigenvalue weighted by Crippen LogP contribution is -2.39. The molecule has 120 valence electrons. The molecule has 0 spiro atoms. The Labute approximate surface area is 125 Å². The van der Waals surface area contributed by atoms with Crippen molar-refractivity contribution in [3.63, 3.8) is 0 Å². The van der Waals surface area contributed by atoms with Gasteiger partial charge in [0.05, 0.1) is 18.1 Å². The van der Waals surface area contributed by atoms with E-state index in [4.69, 9.17) is 4.42 Å². The largest absolute Gasteiger partial charge is 0.466 e. The number of hydrogen-bond acceptors (Lipinski definition) is 4. The molecule has 1 heterocycles. The molecule has 0 aliphatic carbocycles. The zero-order chi connectivity index (χ0) is 16.3. The number of alkyl halides is 3. The second kappa shape index (κ2) is 6.74. The van der Waals surface area contributed by atoms with Gasteiger partial charge in [0, 0.05) is 5.56 Å². The predicted molar refractivity (Wildman–Crippen MR) is 74.1 cm³/mol. The van der Waals surface area contributed by atoms with Crippen LogP contribution in [0.5, 0.6) is 0 Å². The third-order valence-corrected chi connectivity index (χ3v) is 3.75. The van der Waals surface area contributed by atoms with Gasteiger partial charge in [-0.25, -0.2) is 0 Å². The van der Waals surface area contributed by atoms with Crippen molar-refractivity contribution in [2.75, 3.05) is 18.1 Å². The summed E-state index contributed by atoms with van der Waals surface area (Å²) in [5, 5.41) is 12.7. The van der Waals surface area contributed by atoms with Gasteiger partial charge in [-0.3, -0.25) is 4.79 Å². The van der Waals surface area contributed by atoms with E-state index in [9.17, 15) is 23.1 Å². The van der Waals surface area contributed by atoms with Gasteiger partial charge in [0.15, 0.2) is 0 Å². The van der Waals surface area contributed by atoms with Crippen molar-refractivity contribution in [3.05, 3.63) is 23.2 Å². The van der Waals surface area contributed by atoms with Crippen LogP contribution in [0.1, 0.15) is 24.0 Å². The van der Waals surface area contributed by atoms with Crippen molar-refractivity contribution in [1.29, 1.82) is 0 Å². The molecule has 1 aromatic heterocycles. The van der Waals surface area contributed by atoms with E-state index in [1.165, 1.54) is 6.92 Å². The van der Waals surface area contributed by atoms with E-state index in [0.29, 0.717) is 28.8 Å². The molecule has 1 unspecified atom stereocenters. The molecule has 8 heteroatoms. The molecule has 1 rings (SSSR count). The summed E-state index contributed by atoms with van der Waals surface area (Å²) in [5.41, 5.74) is -0.796. The Morgan fingerprint density at radius 3 is 2.52 bits per heavy atom. The van der Waals surface area contributed by atoms with Crippen LogP contribution in [0.15, 0.2) is 10.5 Å². The minimum Gasteiger partial charge on any atom is -0.466 e. The fraction of sp³-hybridized carbons (Fsp3) is 0.615. The van der Waals surface area contributed by atoms with Gasteiger partial charge >= 0.3 is 6.18 Å². The summed E-state index contributed by atoms with van der Waals surface area (Å²) in [5.74, 6) is -0.758. The zero-order valence-corrected chi connectivity index (χ0v) is 12.8. The van der Waals surface area contributed by atoms with Crippen molar-refractivity contribution in [2.45, 2.75) is 32.5 Å². The highest BCUT2D eigenvalue weighted by Crippen LogP contribution is 2.26. The van der Waals surface area contributed by atoms with Gasteiger partial charge in [0.1, 0.15) is 17.1 Å². The fourth-order valence-electron chi connectivity index (χ4n) is 1.84. The van der Waals surface area contributed by atoms with E-state index in [0.717, 1.165) is 0 Å². The normalized spacial score (nSPS) is 14.8. The number of carbonyl (C=O) groups is 1. The van der Waals surface area contributed by atoms with Crippen molar-refractivity contribution < 1.29 is 27.5 Å². The summed E-state index contributed by atoms with van der Waals surface area (Å²) in [6.45, 7) is 4.84. The van der Waals surface area contributed by atoms with Crippen LogP contribution in [0, 0.1) is 13.8 Å². The van der Waals surface area contributed by atoms with Crippen LogP contribution in [0.2, 0.25) is 0 Å². The second-order valence-electron chi connectivity index (χ2n) is 4.99. The maximum absolute atomic E-state index is 11.9. The first-order valence-corrected chi connectivity index (χ1v) is 7.38. The third kappa shape index (κ3) is 6.01. The number of aliphatic hydroxyl groups is 1. The average Bonchev–Trinajstić information content (AvgIpc) is 2.65. The smallest absolute Gasteiger partial charge is 0.397 e. The summed E-state index contributed by atoms with van der Waals surface area (Å²) in [7, 11) is 0. The van der Waals surface area contributed by atoms with Crippen molar-refractivity contribution in [3.8, 4) is 0 Å². The quantitative estimate of drug-likeness (QED) is 0.844. The highest BCUT2D eigenvalue weighted by Gasteiger charge is 2.29. The van der Waals surface area contributed by atoms with Crippen LogP contribution < -0.4 is 5.32 Å². The molecule has 0 fully saturated rings. The Morgan fingerprint density at radius 2 is 2.05 bits per heavy atom. The molecule has 0 radical (unpaired) electrons. The van der Waals surface area contributed by atoms with E-state index in [-0.39, 0.29) is 12.3 Å². The lowest BCUT2D eigenvalue weighted by molar-refractivity contribution is -0.119. The van der Waals surface area contributed by atoms with Crippen LogP contribution >= 0.6 is 11.8 Å². The maximum atomic E-state index is 11.9. The Bertz CT molecular complexity index is 497. The number of halogens is 3. The zero-order valence-electron chi connectivity index (χ0n) is 12.0. The van der Waals surface area contributed by atoms with E-state index in [2.05, 4.69) is 5.32 Å². The van der Waals surface area contributed by atoms with E-state index < -0.39 is 23.4 Å². The van der Waals surface area contributed by atoms with E-state index in [1.807, 2.05) is 0 Å². The number of rotatable bonds is 6. The summed E-state index contributed by atoms with van der Waals surface area (Å²) < 4.78 is 41.1. The standard InChI is InChI=1S/C13H18F3NO3S/c1-8-4-10(9(2)20-8)12(3,19)6-17-11(18)5-21-7-13(14,15)16/h4,19H,5-7H2,1-3H3,(H,17,18). The molecule has 2 N–H and O–H groups in total. The predicted octanol–water partition coefficient (Wildman–Crippen LogP) is 2.52. The summed E-state index contributed by atoms with van der Waals surface area (Å²) in [6.07, 6.45) is -4.29. The Hall–Kier alpha value is -1.15. The van der Waals surface area contributed by atoms with Gasteiger partial charge in [-0.1, -0.05) is 0 Å². The van der Waals surface area contributed by atoms with Gasteiger partial charge in [0.2, 0.25) is 5.91 Å². The molecular formula is C13H18F3NO3S. The molecular weight excluding hydrogens is 307 g/mol. The number of nitrogens with one attached hydrogen (secondary N) is 1. The second-order valence-corrected chi connectivity index (χ2v) is 5.97. The van der Waals surface area contributed by atoms with Crippen molar-refractivity contribution >= 4 is 17.7 Å². The van der Waals surface area contributed by atoms with Crippen LogP contribution in [0.25, 0.3) is 0 Å². The molecule has 21 heavy (non-hydrogen) atoms. The third-order valence-electron chi connectivity index (χ3n) is 2.75. The molecule has 1 atom stereocenters. The lowest BCUT2D eigenvalue weighted by atomic mass is 9.96. The summed E-state index contributed by atoms with van der Waals surface area (Å²) in [6, 6.07) is 1.67. The molecule has 0 aliphatic rings. The summed E-state index contributed by atoms with van der Waals surface area (Å²) in [4.78, 5) is 11.5. The average molecular weight is 325 g/mol. The minimum atomic E-state index is -4.29. The highest BCUT2D eigenvalue weighted by molar-refractivity contribution is 8.00. The Kier molecular flexibility index (Phi) is 5.75. The van der Waals surface area contributed by atoms with Crippen molar-refractivity contribution in [1.82, 2.24) is 5.32 Å². The van der Waals surface area contributed by atoms with E-state index >= 15 is 0 Å². The Morgan fingerprint density at radius 1 is 1.43 bits per heavy atom. The van der Waals surface area contributed by atoms with Gasteiger partial charge < -0.3 is 14.8 Å². The first-order chi connectivity index (χ1) is 9.51. The van der Waals surface area contributed by atoms with Gasteiger partial charge in [-0.2, -0.15) is 13.2 Å². The van der Waals surface area contributed by atoms with E-state index in [1.54, 1.807) is 19.9 Å². The van der Waals surface area contributed by atoms with Gasteiger partial charge in [-0.15, -0.1) is 11.8 Å². The minimum absolute atomic E-state index is 0.0990. The molecule has 0 saturated heterocycles. The van der Waals surface area contributed by atoms with Crippen LogP contribution in [-0.2, 0) is 10.4 Å². The van der Waals surface area contributed by atoms with Gasteiger partial charge in [-0.05, 0) is 26.8 Å². The first kappa shape index (κ1) is 17.9. The monoisotopic (exact) mass is 325 g/mol. The van der Waals surface area contributed by atoms with Crippen LogP contribution in [0.3, 0.4) is 0 Å². The molecule has 1 aromatic rings. The topological polar surface area (TPSA) is 62.5 Å². The lowest BCUT2D eigenvalue weighted by Gasteiger charge is -2.23. The van der Waals surface area contributed by atoms with Crippen LogP contribution in [-0.4, -0.2) is 35.2 Å². The van der Waals surface area contributed by atoms with Crippen molar-refractivity contribution in [2.24, 2.45) is 0 Å². The molecule has 0 bridgehead atoms. The number of furan rings is 1. The molecule has 1 amide bonds. The molecule has 0 saturated carbocycles. The maximum Gasteiger partial charge on any atom is 0.397 e. The number of aryl methyl sites for hydroxylation is 2. The molecule has 0 aromatic carbocycles.